The predicted molar refractivity (Wildman–Crippen MR) is 46.7 cm³/mol. The lowest BCUT2D eigenvalue weighted by Gasteiger charge is -2.00. The number of carboxylic acids is 1. The first-order chi connectivity index (χ1) is 5.61. The molecule has 5 nitrogen and oxygen atoms in total. The maximum absolute atomic E-state index is 10.3. The Balaban J connectivity index is 4.37. The number of hydrogen-bond acceptors (Lipinski definition) is 3. The van der Waals surface area contributed by atoms with Crippen LogP contribution in [0, 0.1) is 0 Å². The highest BCUT2D eigenvalue weighted by Crippen LogP contribution is 2.02. The van der Waals surface area contributed by atoms with Crippen LogP contribution in [-0.2, 0) is 4.79 Å². The number of aliphatic imine (C=N–C) groups is 1. The molecule has 0 aliphatic heterocycles. The van der Waals surface area contributed by atoms with Gasteiger partial charge in [-0.25, -0.2) is 4.99 Å². The van der Waals surface area contributed by atoms with Crippen molar-refractivity contribution in [2.45, 2.75) is 19.4 Å². The fourth-order valence-electron chi connectivity index (χ4n) is 0.626. The van der Waals surface area contributed by atoms with Crippen LogP contribution in [-0.4, -0.2) is 23.5 Å². The van der Waals surface area contributed by atoms with Crippen LogP contribution in [0.5, 0.6) is 0 Å². The van der Waals surface area contributed by atoms with Crippen molar-refractivity contribution in [2.75, 3.05) is 0 Å². The normalized spacial score (nSPS) is 15.0. The van der Waals surface area contributed by atoms with E-state index in [1.165, 1.54) is 6.08 Å². The van der Waals surface area contributed by atoms with E-state index in [-0.39, 0.29) is 0 Å². The van der Waals surface area contributed by atoms with Crippen molar-refractivity contribution in [3.63, 3.8) is 0 Å². The molecule has 0 amide bonds. The molecule has 0 bridgehead atoms. The second-order valence-corrected chi connectivity index (χ2v) is 2.15. The van der Waals surface area contributed by atoms with Crippen molar-refractivity contribution in [1.82, 2.24) is 0 Å². The number of rotatable bonds is 4. The second kappa shape index (κ2) is 5.31. The van der Waals surface area contributed by atoms with E-state index in [0.29, 0.717) is 12.1 Å². The fourth-order valence-corrected chi connectivity index (χ4v) is 0.626. The topological polar surface area (TPSA) is 102 Å². The number of nitrogens with zero attached hydrogens (tertiary/aromatic N) is 1. The summed E-state index contributed by atoms with van der Waals surface area (Å²) in [6, 6.07) is -1.01. The third-order valence-corrected chi connectivity index (χ3v) is 1.26. The standard InChI is InChI=1S/C7H13N3O2/c1-2-5(10-4-8)3-6(9)7(11)12/h3-4,6H,2,9H2,1H3,(H2,8,10)(H,11,12)/t6-/m0/s1. The molecule has 0 radical (unpaired) electrons. The molecule has 0 saturated carbocycles. The minimum atomic E-state index is -1.08. The summed E-state index contributed by atoms with van der Waals surface area (Å²) in [5.41, 5.74) is 10.8. The Morgan fingerprint density at radius 1 is 1.75 bits per heavy atom. The molecule has 5 N–H and O–H groups in total. The van der Waals surface area contributed by atoms with Gasteiger partial charge in [-0.15, -0.1) is 0 Å². The summed E-state index contributed by atoms with van der Waals surface area (Å²) >= 11 is 0. The third kappa shape index (κ3) is 3.72. The average molecular weight is 171 g/mol. The Bertz CT molecular complexity index is 211. The van der Waals surface area contributed by atoms with Crippen LogP contribution in [0.3, 0.4) is 0 Å². The lowest BCUT2D eigenvalue weighted by atomic mass is 10.2. The van der Waals surface area contributed by atoms with Gasteiger partial charge < -0.3 is 16.6 Å². The van der Waals surface area contributed by atoms with E-state index in [1.54, 1.807) is 0 Å². The van der Waals surface area contributed by atoms with Gasteiger partial charge in [0.1, 0.15) is 6.04 Å². The molecule has 0 saturated heterocycles. The highest BCUT2D eigenvalue weighted by molar-refractivity contribution is 5.75. The molecule has 0 spiro atoms. The van der Waals surface area contributed by atoms with Gasteiger partial charge in [0, 0.05) is 5.70 Å². The van der Waals surface area contributed by atoms with Crippen molar-refractivity contribution in [2.24, 2.45) is 16.5 Å². The Hall–Kier alpha value is -1.36. The number of hydrogen-bond donors (Lipinski definition) is 3. The molecule has 0 rings (SSSR count). The smallest absolute Gasteiger partial charge is 0.324 e. The molecule has 1 atom stereocenters. The van der Waals surface area contributed by atoms with E-state index >= 15 is 0 Å². The lowest BCUT2D eigenvalue weighted by molar-refractivity contribution is -0.137. The summed E-state index contributed by atoms with van der Waals surface area (Å²) < 4.78 is 0. The molecule has 12 heavy (non-hydrogen) atoms. The molecule has 0 unspecified atom stereocenters. The fraction of sp³-hybridized carbons (Fsp3) is 0.429. The van der Waals surface area contributed by atoms with Crippen molar-refractivity contribution < 1.29 is 9.90 Å². The number of carboxylic acid groups (broad SMARTS) is 1. The molecule has 0 fully saturated rings. The molecule has 0 heterocycles. The zero-order valence-electron chi connectivity index (χ0n) is 6.90. The first-order valence-corrected chi connectivity index (χ1v) is 3.55. The van der Waals surface area contributed by atoms with Gasteiger partial charge in [0.25, 0.3) is 0 Å². The minimum absolute atomic E-state index is 0.576. The molecular formula is C7H13N3O2. The summed E-state index contributed by atoms with van der Waals surface area (Å²) in [5.74, 6) is -1.08. The molecular weight excluding hydrogens is 158 g/mol. The van der Waals surface area contributed by atoms with E-state index in [4.69, 9.17) is 16.6 Å². The van der Waals surface area contributed by atoms with Gasteiger partial charge in [0.15, 0.2) is 0 Å². The third-order valence-electron chi connectivity index (χ3n) is 1.26. The summed E-state index contributed by atoms with van der Waals surface area (Å²) in [4.78, 5) is 14.0. The van der Waals surface area contributed by atoms with Gasteiger partial charge in [-0.05, 0) is 12.5 Å². The summed E-state index contributed by atoms with van der Waals surface area (Å²) in [6.45, 7) is 1.84. The van der Waals surface area contributed by atoms with E-state index in [1.807, 2.05) is 6.92 Å². The van der Waals surface area contributed by atoms with Crippen LogP contribution in [0.1, 0.15) is 13.3 Å². The molecule has 0 aromatic carbocycles. The number of nitrogens with two attached hydrogens (primary N) is 2. The molecule has 0 aromatic heterocycles. The first-order valence-electron chi connectivity index (χ1n) is 3.55. The van der Waals surface area contributed by atoms with Crippen LogP contribution in [0.2, 0.25) is 0 Å². The summed E-state index contributed by atoms with van der Waals surface area (Å²) in [6.07, 6.45) is 3.09. The van der Waals surface area contributed by atoms with Gasteiger partial charge in [-0.2, -0.15) is 0 Å². The van der Waals surface area contributed by atoms with Crippen LogP contribution in [0.15, 0.2) is 16.8 Å². The number of carbonyl (C=O) groups is 1. The van der Waals surface area contributed by atoms with E-state index in [2.05, 4.69) is 4.99 Å². The van der Waals surface area contributed by atoms with Gasteiger partial charge in [0.05, 0.1) is 6.34 Å². The summed E-state index contributed by atoms with van der Waals surface area (Å²) in [5, 5.41) is 8.44. The average Bonchev–Trinajstić information content (AvgIpc) is 2.03. The number of aliphatic carboxylic acids is 1. The van der Waals surface area contributed by atoms with Gasteiger partial charge in [-0.3, -0.25) is 4.79 Å². The van der Waals surface area contributed by atoms with Crippen LogP contribution in [0.25, 0.3) is 0 Å². The van der Waals surface area contributed by atoms with Crippen molar-refractivity contribution >= 4 is 12.3 Å². The Labute approximate surface area is 70.8 Å². The minimum Gasteiger partial charge on any atom is -0.480 e. The van der Waals surface area contributed by atoms with E-state index in [0.717, 1.165) is 6.34 Å². The number of allylic oxidation sites excluding steroid dienone is 1. The van der Waals surface area contributed by atoms with Gasteiger partial charge >= 0.3 is 5.97 Å². The SMILES string of the molecule is CCC(=C[C@H](N)C(=O)O)N=CN. The van der Waals surface area contributed by atoms with E-state index in [9.17, 15) is 4.79 Å². The van der Waals surface area contributed by atoms with Crippen molar-refractivity contribution in [3.05, 3.63) is 11.8 Å². The van der Waals surface area contributed by atoms with Crippen LogP contribution >= 0.6 is 0 Å². The highest BCUT2D eigenvalue weighted by atomic mass is 16.4. The zero-order valence-corrected chi connectivity index (χ0v) is 6.90. The molecule has 68 valence electrons. The Morgan fingerprint density at radius 2 is 2.33 bits per heavy atom. The zero-order chi connectivity index (χ0) is 9.56. The van der Waals surface area contributed by atoms with Gasteiger partial charge in [0.2, 0.25) is 0 Å². The quantitative estimate of drug-likeness (QED) is 0.398. The second-order valence-electron chi connectivity index (χ2n) is 2.15. The van der Waals surface area contributed by atoms with E-state index < -0.39 is 12.0 Å². The molecule has 0 aliphatic carbocycles. The largest absolute Gasteiger partial charge is 0.480 e. The van der Waals surface area contributed by atoms with Crippen LogP contribution < -0.4 is 11.5 Å². The van der Waals surface area contributed by atoms with Gasteiger partial charge in [-0.1, -0.05) is 6.92 Å². The molecule has 5 heteroatoms. The maximum Gasteiger partial charge on any atom is 0.324 e. The van der Waals surface area contributed by atoms with Crippen molar-refractivity contribution in [3.8, 4) is 0 Å². The first kappa shape index (κ1) is 10.6. The Kier molecular flexibility index (Phi) is 4.71. The Morgan fingerprint density at radius 3 is 2.67 bits per heavy atom. The maximum atomic E-state index is 10.3. The predicted octanol–water partition coefficient (Wildman–Crippen LogP) is -0.321. The molecule has 0 aliphatic rings. The van der Waals surface area contributed by atoms with Crippen molar-refractivity contribution in [1.29, 1.82) is 0 Å². The highest BCUT2D eigenvalue weighted by Gasteiger charge is 2.07. The monoisotopic (exact) mass is 171 g/mol. The summed E-state index contributed by atoms with van der Waals surface area (Å²) in [7, 11) is 0. The lowest BCUT2D eigenvalue weighted by Crippen LogP contribution is -2.27. The van der Waals surface area contributed by atoms with Crippen LogP contribution in [0.4, 0.5) is 0 Å². The molecule has 0 aromatic rings.